The van der Waals surface area contributed by atoms with Crippen molar-refractivity contribution in [3.8, 4) is 0 Å². The molecule has 0 radical (unpaired) electrons. The molecule has 3 rings (SSSR count). The summed E-state index contributed by atoms with van der Waals surface area (Å²) >= 11 is 0. The van der Waals surface area contributed by atoms with E-state index < -0.39 is 0 Å². The van der Waals surface area contributed by atoms with Crippen LogP contribution >= 0.6 is 0 Å². The molecule has 1 aliphatic rings. The summed E-state index contributed by atoms with van der Waals surface area (Å²) in [5.74, 6) is 1.51. The standard InChI is InChI=1S/C15H23N5/c1-4-6-19(12-9-16-10-12)15-14-8-13(11(2)3)18-20(14)7-5-17-15/h5,7-8,11-12,16H,4,6,9-10H2,1-3H3. The quantitative estimate of drug-likeness (QED) is 0.905. The van der Waals surface area contributed by atoms with Crippen LogP contribution in [0.1, 0.15) is 38.8 Å². The highest BCUT2D eigenvalue weighted by Crippen LogP contribution is 2.25. The van der Waals surface area contributed by atoms with Crippen molar-refractivity contribution in [3.63, 3.8) is 0 Å². The van der Waals surface area contributed by atoms with Crippen LogP contribution in [0.25, 0.3) is 5.52 Å². The van der Waals surface area contributed by atoms with E-state index in [1.54, 1.807) is 0 Å². The van der Waals surface area contributed by atoms with Crippen LogP contribution < -0.4 is 10.2 Å². The van der Waals surface area contributed by atoms with E-state index in [1.165, 1.54) is 0 Å². The summed E-state index contributed by atoms with van der Waals surface area (Å²) < 4.78 is 1.96. The molecular weight excluding hydrogens is 250 g/mol. The number of aromatic nitrogens is 3. The molecule has 1 aliphatic heterocycles. The molecule has 108 valence electrons. The molecule has 5 nitrogen and oxygen atoms in total. The first-order valence-electron chi connectivity index (χ1n) is 7.52. The van der Waals surface area contributed by atoms with E-state index in [1.807, 2.05) is 16.9 Å². The molecule has 1 saturated heterocycles. The van der Waals surface area contributed by atoms with E-state index in [0.717, 1.165) is 43.1 Å². The van der Waals surface area contributed by atoms with Crippen molar-refractivity contribution in [1.82, 2.24) is 19.9 Å². The van der Waals surface area contributed by atoms with Gasteiger partial charge in [-0.25, -0.2) is 9.50 Å². The lowest BCUT2D eigenvalue weighted by Crippen LogP contribution is -2.57. The molecule has 0 unspecified atom stereocenters. The van der Waals surface area contributed by atoms with Crippen LogP contribution in [-0.2, 0) is 0 Å². The first-order valence-corrected chi connectivity index (χ1v) is 7.52. The first kappa shape index (κ1) is 13.4. The lowest BCUT2D eigenvalue weighted by atomic mass is 10.1. The predicted molar refractivity (Wildman–Crippen MR) is 81.4 cm³/mol. The minimum absolute atomic E-state index is 0.438. The molecule has 2 aromatic heterocycles. The Kier molecular flexibility index (Phi) is 3.61. The van der Waals surface area contributed by atoms with Crippen molar-refractivity contribution in [2.75, 3.05) is 24.5 Å². The van der Waals surface area contributed by atoms with E-state index in [4.69, 9.17) is 0 Å². The molecule has 0 bridgehead atoms. The van der Waals surface area contributed by atoms with Gasteiger partial charge in [-0.2, -0.15) is 5.10 Å². The third-order valence-corrected chi connectivity index (χ3v) is 3.92. The summed E-state index contributed by atoms with van der Waals surface area (Å²) in [5.41, 5.74) is 2.25. The molecule has 0 atom stereocenters. The van der Waals surface area contributed by atoms with E-state index in [-0.39, 0.29) is 0 Å². The number of nitrogens with one attached hydrogen (secondary N) is 1. The fourth-order valence-corrected chi connectivity index (χ4v) is 2.63. The Balaban J connectivity index is 2.04. The van der Waals surface area contributed by atoms with Gasteiger partial charge in [0, 0.05) is 32.0 Å². The van der Waals surface area contributed by atoms with Gasteiger partial charge in [-0.15, -0.1) is 0 Å². The van der Waals surface area contributed by atoms with Gasteiger partial charge >= 0.3 is 0 Å². The Bertz CT molecular complexity index is 585. The number of hydrogen-bond acceptors (Lipinski definition) is 4. The second kappa shape index (κ2) is 5.40. The van der Waals surface area contributed by atoms with Crippen molar-refractivity contribution in [1.29, 1.82) is 0 Å². The molecule has 2 aromatic rings. The van der Waals surface area contributed by atoms with Gasteiger partial charge in [-0.05, 0) is 18.4 Å². The molecular formula is C15H23N5. The van der Waals surface area contributed by atoms with Crippen LogP contribution in [0.15, 0.2) is 18.5 Å². The maximum atomic E-state index is 4.65. The average molecular weight is 273 g/mol. The maximum absolute atomic E-state index is 4.65. The molecule has 0 amide bonds. The zero-order chi connectivity index (χ0) is 14.1. The Morgan fingerprint density at radius 1 is 1.45 bits per heavy atom. The maximum Gasteiger partial charge on any atom is 0.155 e. The Hall–Kier alpha value is -1.62. The second-order valence-corrected chi connectivity index (χ2v) is 5.81. The molecule has 0 spiro atoms. The van der Waals surface area contributed by atoms with Crippen LogP contribution in [0, 0.1) is 0 Å². The SMILES string of the molecule is CCCN(c1nccn2nc(C(C)C)cc12)C1CNC1. The highest BCUT2D eigenvalue weighted by atomic mass is 15.3. The summed E-state index contributed by atoms with van der Waals surface area (Å²) in [4.78, 5) is 7.07. The van der Waals surface area contributed by atoms with Crippen molar-refractivity contribution in [2.24, 2.45) is 0 Å². The summed E-state index contributed by atoms with van der Waals surface area (Å²) in [6.45, 7) is 9.71. The lowest BCUT2D eigenvalue weighted by molar-refractivity contribution is 0.411. The second-order valence-electron chi connectivity index (χ2n) is 5.81. The topological polar surface area (TPSA) is 45.5 Å². The van der Waals surface area contributed by atoms with Gasteiger partial charge in [0.25, 0.3) is 0 Å². The van der Waals surface area contributed by atoms with Crippen molar-refractivity contribution >= 4 is 11.3 Å². The molecule has 5 heteroatoms. The summed E-state index contributed by atoms with van der Waals surface area (Å²) in [7, 11) is 0. The number of hydrogen-bond donors (Lipinski definition) is 1. The van der Waals surface area contributed by atoms with Crippen LogP contribution in [0.2, 0.25) is 0 Å². The fraction of sp³-hybridized carbons (Fsp3) is 0.600. The number of rotatable bonds is 5. The predicted octanol–water partition coefficient (Wildman–Crippen LogP) is 2.04. The molecule has 1 fully saturated rings. The van der Waals surface area contributed by atoms with Crippen LogP contribution in [-0.4, -0.2) is 40.3 Å². The largest absolute Gasteiger partial charge is 0.349 e. The van der Waals surface area contributed by atoms with Gasteiger partial charge in [-0.1, -0.05) is 20.8 Å². The highest BCUT2D eigenvalue weighted by molar-refractivity contribution is 5.70. The number of fused-ring (bicyclic) bond motifs is 1. The van der Waals surface area contributed by atoms with Crippen LogP contribution in [0.3, 0.4) is 0 Å². The average Bonchev–Trinajstić information content (AvgIpc) is 2.80. The summed E-state index contributed by atoms with van der Waals surface area (Å²) in [6.07, 6.45) is 4.92. The van der Waals surface area contributed by atoms with E-state index in [0.29, 0.717) is 12.0 Å². The summed E-state index contributed by atoms with van der Waals surface area (Å²) in [6, 6.07) is 2.74. The normalized spacial score (nSPS) is 15.8. The molecule has 0 aliphatic carbocycles. The minimum Gasteiger partial charge on any atom is -0.349 e. The van der Waals surface area contributed by atoms with Gasteiger partial charge in [0.2, 0.25) is 0 Å². The van der Waals surface area contributed by atoms with Crippen LogP contribution in [0.5, 0.6) is 0 Å². The van der Waals surface area contributed by atoms with Crippen molar-refractivity contribution < 1.29 is 0 Å². The fourth-order valence-electron chi connectivity index (χ4n) is 2.63. The van der Waals surface area contributed by atoms with E-state index in [2.05, 4.69) is 47.1 Å². The number of nitrogens with zero attached hydrogens (tertiary/aromatic N) is 4. The van der Waals surface area contributed by atoms with Crippen molar-refractivity contribution in [2.45, 2.75) is 39.2 Å². The zero-order valence-electron chi connectivity index (χ0n) is 12.5. The van der Waals surface area contributed by atoms with E-state index >= 15 is 0 Å². The molecule has 1 N–H and O–H groups in total. The highest BCUT2D eigenvalue weighted by Gasteiger charge is 2.26. The molecule has 3 heterocycles. The van der Waals surface area contributed by atoms with Crippen LogP contribution in [0.4, 0.5) is 5.82 Å². The number of anilines is 1. The summed E-state index contributed by atoms with van der Waals surface area (Å²) in [5, 5.41) is 8.00. The van der Waals surface area contributed by atoms with Crippen molar-refractivity contribution in [3.05, 3.63) is 24.2 Å². The lowest BCUT2D eigenvalue weighted by Gasteiger charge is -2.39. The Morgan fingerprint density at radius 3 is 2.85 bits per heavy atom. The first-order chi connectivity index (χ1) is 9.70. The van der Waals surface area contributed by atoms with Gasteiger partial charge < -0.3 is 10.2 Å². The van der Waals surface area contributed by atoms with Gasteiger partial charge in [-0.3, -0.25) is 0 Å². The third kappa shape index (κ3) is 2.26. The van der Waals surface area contributed by atoms with Gasteiger partial charge in [0.1, 0.15) is 5.52 Å². The smallest absolute Gasteiger partial charge is 0.155 e. The Morgan fingerprint density at radius 2 is 2.25 bits per heavy atom. The zero-order valence-corrected chi connectivity index (χ0v) is 12.5. The van der Waals surface area contributed by atoms with Gasteiger partial charge in [0.05, 0.1) is 11.7 Å². The monoisotopic (exact) mass is 273 g/mol. The molecule has 0 saturated carbocycles. The Labute approximate surface area is 120 Å². The third-order valence-electron chi connectivity index (χ3n) is 3.92. The molecule has 0 aromatic carbocycles. The molecule has 20 heavy (non-hydrogen) atoms. The van der Waals surface area contributed by atoms with Gasteiger partial charge in [0.15, 0.2) is 5.82 Å². The van der Waals surface area contributed by atoms with E-state index in [9.17, 15) is 0 Å². The minimum atomic E-state index is 0.438.